The summed E-state index contributed by atoms with van der Waals surface area (Å²) in [6.07, 6.45) is 8.77. The molecular weight excluding hydrogens is 276 g/mol. The van der Waals surface area contributed by atoms with E-state index in [1.54, 1.807) is 12.1 Å². The minimum atomic E-state index is -4.35. The molecule has 0 aliphatic carbocycles. The first-order valence-corrected chi connectivity index (χ1v) is 8.69. The normalized spacial score (nSPS) is 11.7. The fourth-order valence-electron chi connectivity index (χ4n) is 2.25. The van der Waals surface area contributed by atoms with Gasteiger partial charge in [-0.1, -0.05) is 57.6 Å². The maximum atomic E-state index is 11.1. The van der Waals surface area contributed by atoms with Gasteiger partial charge in [-0.05, 0) is 24.5 Å². The number of hydrogen-bond donors (Lipinski definition) is 2. The smallest absolute Gasteiger partial charge is 0.298 e. The highest BCUT2D eigenvalue weighted by molar-refractivity contribution is 7.86. The van der Waals surface area contributed by atoms with Gasteiger partial charge in [-0.2, -0.15) is 8.42 Å². The van der Waals surface area contributed by atoms with Gasteiger partial charge in [-0.15, -0.1) is 0 Å². The van der Waals surface area contributed by atoms with Crippen LogP contribution in [0.3, 0.4) is 0 Å². The molecule has 0 saturated heterocycles. The van der Waals surface area contributed by atoms with Crippen LogP contribution in [0.5, 0.6) is 5.75 Å². The molecule has 0 fully saturated rings. The Morgan fingerprint density at radius 1 is 1.00 bits per heavy atom. The molecule has 0 unspecified atom stereocenters. The summed E-state index contributed by atoms with van der Waals surface area (Å²) < 4.78 is 31.2. The lowest BCUT2D eigenvalue weighted by molar-refractivity contribution is 0.436. The van der Waals surface area contributed by atoms with Crippen molar-refractivity contribution in [2.75, 3.05) is 0 Å². The van der Waals surface area contributed by atoms with Gasteiger partial charge >= 0.3 is 0 Å². The Kier molecular flexibility index (Phi) is 7.02. The largest absolute Gasteiger partial charge is 0.506 e. The maximum Gasteiger partial charge on any atom is 0.298 e. The molecule has 0 amide bonds. The molecular formula is C15H24O4S. The molecule has 4 nitrogen and oxygen atoms in total. The Bertz CT molecular complexity index is 509. The number of phenols is 1. The minimum Gasteiger partial charge on any atom is -0.506 e. The first-order valence-electron chi connectivity index (χ1n) is 7.25. The molecule has 1 aromatic rings. The topological polar surface area (TPSA) is 74.6 Å². The molecule has 0 aliphatic heterocycles. The summed E-state index contributed by atoms with van der Waals surface area (Å²) in [5, 5.41) is 9.86. The summed E-state index contributed by atoms with van der Waals surface area (Å²) in [6.45, 7) is 2.19. The van der Waals surface area contributed by atoms with Gasteiger partial charge in [-0.25, -0.2) is 0 Å². The molecule has 0 saturated carbocycles. The van der Waals surface area contributed by atoms with Crippen LogP contribution in [-0.4, -0.2) is 18.1 Å². The van der Waals surface area contributed by atoms with E-state index in [0.29, 0.717) is 12.0 Å². The Morgan fingerprint density at radius 3 is 2.20 bits per heavy atom. The van der Waals surface area contributed by atoms with Crippen LogP contribution >= 0.6 is 0 Å². The van der Waals surface area contributed by atoms with E-state index in [1.165, 1.54) is 38.2 Å². The van der Waals surface area contributed by atoms with E-state index < -0.39 is 15.0 Å². The second-order valence-electron chi connectivity index (χ2n) is 5.11. The Morgan fingerprint density at radius 2 is 1.60 bits per heavy atom. The lowest BCUT2D eigenvalue weighted by atomic mass is 10.0. The zero-order valence-electron chi connectivity index (χ0n) is 12.0. The van der Waals surface area contributed by atoms with Gasteiger partial charge in [0, 0.05) is 0 Å². The summed E-state index contributed by atoms with van der Waals surface area (Å²) >= 11 is 0. The van der Waals surface area contributed by atoms with E-state index in [2.05, 4.69) is 6.92 Å². The number of rotatable bonds is 9. The van der Waals surface area contributed by atoms with E-state index in [4.69, 9.17) is 4.55 Å². The van der Waals surface area contributed by atoms with Crippen molar-refractivity contribution in [3.8, 4) is 5.75 Å². The molecule has 114 valence electrons. The van der Waals surface area contributed by atoms with Crippen molar-refractivity contribution in [3.05, 3.63) is 23.8 Å². The van der Waals surface area contributed by atoms with Crippen molar-refractivity contribution in [1.82, 2.24) is 0 Å². The van der Waals surface area contributed by atoms with Gasteiger partial charge in [0.25, 0.3) is 10.1 Å². The number of benzene rings is 1. The zero-order chi connectivity index (χ0) is 15.0. The molecule has 1 aromatic carbocycles. The van der Waals surface area contributed by atoms with Gasteiger partial charge in [0.15, 0.2) is 0 Å². The fourth-order valence-corrected chi connectivity index (χ4v) is 2.88. The molecule has 2 N–H and O–H groups in total. The lowest BCUT2D eigenvalue weighted by Crippen LogP contribution is -2.00. The van der Waals surface area contributed by atoms with Crippen LogP contribution in [-0.2, 0) is 16.5 Å². The molecule has 0 aromatic heterocycles. The van der Waals surface area contributed by atoms with E-state index in [-0.39, 0.29) is 5.75 Å². The fraction of sp³-hybridized carbons (Fsp3) is 0.600. The summed E-state index contributed by atoms with van der Waals surface area (Å²) in [6, 6.07) is 4.44. The van der Waals surface area contributed by atoms with E-state index in [1.807, 2.05) is 0 Å². The van der Waals surface area contributed by atoms with Crippen LogP contribution in [0.2, 0.25) is 0 Å². The third-order valence-corrected chi connectivity index (χ3v) is 4.30. The first-order chi connectivity index (χ1) is 9.46. The van der Waals surface area contributed by atoms with Crippen molar-refractivity contribution in [1.29, 1.82) is 0 Å². The molecule has 0 heterocycles. The van der Waals surface area contributed by atoms with Crippen LogP contribution in [0.1, 0.15) is 57.4 Å². The van der Waals surface area contributed by atoms with Crippen molar-refractivity contribution in [2.45, 2.75) is 63.2 Å². The van der Waals surface area contributed by atoms with Crippen molar-refractivity contribution < 1.29 is 18.1 Å². The van der Waals surface area contributed by atoms with Crippen LogP contribution < -0.4 is 0 Å². The first kappa shape index (κ1) is 17.0. The quantitative estimate of drug-likeness (QED) is 0.535. The van der Waals surface area contributed by atoms with Gasteiger partial charge in [0.05, 0.1) is 0 Å². The van der Waals surface area contributed by atoms with Crippen LogP contribution in [0.15, 0.2) is 23.1 Å². The lowest BCUT2D eigenvalue weighted by Gasteiger charge is -2.07. The predicted octanol–water partition coefficient (Wildman–Crippen LogP) is 3.93. The monoisotopic (exact) mass is 300 g/mol. The summed E-state index contributed by atoms with van der Waals surface area (Å²) in [5.41, 5.74) is 0.577. The molecule has 0 aliphatic rings. The van der Waals surface area contributed by atoms with Gasteiger partial charge in [-0.3, -0.25) is 4.55 Å². The third-order valence-electron chi connectivity index (χ3n) is 3.41. The highest BCUT2D eigenvalue weighted by Crippen LogP contribution is 2.27. The molecule has 20 heavy (non-hydrogen) atoms. The number of hydrogen-bond acceptors (Lipinski definition) is 3. The highest BCUT2D eigenvalue weighted by Gasteiger charge is 2.17. The number of phenolic OH excluding ortho intramolecular Hbond substituents is 1. The molecule has 0 radical (unpaired) electrons. The molecule has 5 heteroatoms. The maximum absolute atomic E-state index is 11.1. The van der Waals surface area contributed by atoms with Crippen LogP contribution in [0.4, 0.5) is 0 Å². The highest BCUT2D eigenvalue weighted by atomic mass is 32.2. The minimum absolute atomic E-state index is 0.319. The van der Waals surface area contributed by atoms with Crippen molar-refractivity contribution >= 4 is 10.1 Å². The summed E-state index contributed by atoms with van der Waals surface area (Å²) in [7, 11) is -4.35. The summed E-state index contributed by atoms with van der Waals surface area (Å²) in [5.74, 6) is -0.319. The van der Waals surface area contributed by atoms with Gasteiger partial charge in [0.2, 0.25) is 0 Å². The Hall–Kier alpha value is -1.07. The standard InChI is InChI=1S/C15H24O4S/c1-2-3-4-5-6-7-8-10-13-11-9-12-14(15(13)16)20(17,18)19/h9,11-12,16H,2-8,10H2,1H3,(H,17,18,19). The third kappa shape index (κ3) is 5.51. The summed E-state index contributed by atoms with van der Waals surface area (Å²) in [4.78, 5) is -0.405. The van der Waals surface area contributed by atoms with E-state index in [9.17, 15) is 13.5 Å². The van der Waals surface area contributed by atoms with Crippen molar-refractivity contribution in [3.63, 3.8) is 0 Å². The Balaban J connectivity index is 2.45. The molecule has 0 atom stereocenters. The van der Waals surface area contributed by atoms with Gasteiger partial charge in [0.1, 0.15) is 10.6 Å². The second-order valence-corrected chi connectivity index (χ2v) is 6.50. The molecule has 0 spiro atoms. The Labute approximate surface area is 121 Å². The SMILES string of the molecule is CCCCCCCCCc1cccc(S(=O)(=O)O)c1O. The average molecular weight is 300 g/mol. The number of para-hydroxylation sites is 1. The predicted molar refractivity (Wildman–Crippen MR) is 79.6 cm³/mol. The van der Waals surface area contributed by atoms with E-state index in [0.717, 1.165) is 12.8 Å². The van der Waals surface area contributed by atoms with Crippen LogP contribution in [0, 0.1) is 0 Å². The molecule has 1 rings (SSSR count). The van der Waals surface area contributed by atoms with Crippen molar-refractivity contribution in [2.24, 2.45) is 0 Å². The number of aryl methyl sites for hydroxylation is 1. The average Bonchev–Trinajstić information content (AvgIpc) is 2.38. The molecule has 0 bridgehead atoms. The van der Waals surface area contributed by atoms with Crippen LogP contribution in [0.25, 0.3) is 0 Å². The van der Waals surface area contributed by atoms with E-state index >= 15 is 0 Å². The zero-order valence-corrected chi connectivity index (χ0v) is 12.8. The second kappa shape index (κ2) is 8.27. The van der Waals surface area contributed by atoms with Gasteiger partial charge < -0.3 is 5.11 Å². The number of aromatic hydroxyl groups is 1. The number of unbranched alkanes of at least 4 members (excludes halogenated alkanes) is 6.